The van der Waals surface area contributed by atoms with Crippen LogP contribution >= 0.6 is 0 Å². The second-order valence-corrected chi connectivity index (χ2v) is 5.23. The van der Waals surface area contributed by atoms with Crippen LogP contribution < -0.4 is 5.32 Å². The summed E-state index contributed by atoms with van der Waals surface area (Å²) in [4.78, 5) is 2.57. The van der Waals surface area contributed by atoms with Crippen molar-refractivity contribution in [2.45, 2.75) is 58.6 Å². The van der Waals surface area contributed by atoms with E-state index in [0.29, 0.717) is 12.1 Å². The molecule has 0 aliphatic carbocycles. The minimum Gasteiger partial charge on any atom is -0.377 e. The molecule has 1 N–H and O–H groups in total. The average molecular weight is 242 g/mol. The molecular formula is C14H30N2O. The maximum atomic E-state index is 5.69. The van der Waals surface area contributed by atoms with Gasteiger partial charge >= 0.3 is 0 Å². The molecule has 102 valence electrons. The lowest BCUT2D eigenvalue weighted by Crippen LogP contribution is -2.43. The fraction of sp³-hybridized carbons (Fsp3) is 1.00. The van der Waals surface area contributed by atoms with E-state index in [1.54, 1.807) is 0 Å². The SMILES string of the molecule is CCCNC(CCC)CN1CCCOC(C)C1. The Morgan fingerprint density at radius 3 is 2.88 bits per heavy atom. The minimum atomic E-state index is 0.394. The van der Waals surface area contributed by atoms with Crippen molar-refractivity contribution in [3.63, 3.8) is 0 Å². The van der Waals surface area contributed by atoms with Crippen LogP contribution in [-0.4, -0.2) is 49.8 Å². The van der Waals surface area contributed by atoms with E-state index in [9.17, 15) is 0 Å². The van der Waals surface area contributed by atoms with Crippen LogP contribution in [0, 0.1) is 0 Å². The van der Waals surface area contributed by atoms with Crippen molar-refractivity contribution in [2.75, 3.05) is 32.8 Å². The third kappa shape index (κ3) is 6.39. The number of ether oxygens (including phenoxy) is 1. The lowest BCUT2D eigenvalue weighted by molar-refractivity contribution is 0.0662. The molecule has 1 heterocycles. The molecule has 0 aromatic heterocycles. The molecule has 0 saturated carbocycles. The molecule has 2 atom stereocenters. The molecule has 0 spiro atoms. The van der Waals surface area contributed by atoms with Gasteiger partial charge in [-0.25, -0.2) is 0 Å². The molecule has 1 fully saturated rings. The largest absolute Gasteiger partial charge is 0.377 e. The maximum Gasteiger partial charge on any atom is 0.0673 e. The van der Waals surface area contributed by atoms with Crippen LogP contribution in [-0.2, 0) is 4.74 Å². The summed E-state index contributed by atoms with van der Waals surface area (Å²) in [6.07, 6.45) is 5.34. The Hall–Kier alpha value is -0.120. The lowest BCUT2D eigenvalue weighted by atomic mass is 10.1. The van der Waals surface area contributed by atoms with Gasteiger partial charge in [0.15, 0.2) is 0 Å². The molecule has 0 radical (unpaired) electrons. The molecule has 0 bridgehead atoms. The van der Waals surface area contributed by atoms with Gasteiger partial charge in [-0.05, 0) is 32.7 Å². The van der Waals surface area contributed by atoms with E-state index in [-0.39, 0.29) is 0 Å². The number of nitrogens with zero attached hydrogens (tertiary/aromatic N) is 1. The van der Waals surface area contributed by atoms with Gasteiger partial charge in [0.25, 0.3) is 0 Å². The Kier molecular flexibility index (Phi) is 7.82. The Morgan fingerprint density at radius 1 is 1.35 bits per heavy atom. The molecule has 0 aromatic carbocycles. The fourth-order valence-corrected chi connectivity index (χ4v) is 2.51. The van der Waals surface area contributed by atoms with E-state index in [2.05, 4.69) is 31.0 Å². The molecule has 3 nitrogen and oxygen atoms in total. The van der Waals surface area contributed by atoms with Crippen molar-refractivity contribution >= 4 is 0 Å². The first kappa shape index (κ1) is 14.9. The van der Waals surface area contributed by atoms with Crippen LogP contribution in [0.25, 0.3) is 0 Å². The van der Waals surface area contributed by atoms with Crippen molar-refractivity contribution in [3.8, 4) is 0 Å². The van der Waals surface area contributed by atoms with E-state index >= 15 is 0 Å². The summed E-state index contributed by atoms with van der Waals surface area (Å²) in [5, 5.41) is 3.67. The van der Waals surface area contributed by atoms with Gasteiger partial charge in [-0.1, -0.05) is 20.3 Å². The summed E-state index contributed by atoms with van der Waals surface area (Å²) < 4.78 is 5.69. The molecule has 0 amide bonds. The molecule has 0 aromatic rings. The van der Waals surface area contributed by atoms with E-state index in [4.69, 9.17) is 4.74 Å². The van der Waals surface area contributed by atoms with E-state index in [1.165, 1.54) is 38.8 Å². The van der Waals surface area contributed by atoms with Gasteiger partial charge in [0.2, 0.25) is 0 Å². The third-order valence-electron chi connectivity index (χ3n) is 3.34. The van der Waals surface area contributed by atoms with E-state index < -0.39 is 0 Å². The van der Waals surface area contributed by atoms with Crippen molar-refractivity contribution in [3.05, 3.63) is 0 Å². The average Bonchev–Trinajstić information content (AvgIpc) is 2.51. The third-order valence-corrected chi connectivity index (χ3v) is 3.34. The van der Waals surface area contributed by atoms with Crippen molar-refractivity contribution in [2.24, 2.45) is 0 Å². The maximum absolute atomic E-state index is 5.69. The zero-order chi connectivity index (χ0) is 12.5. The topological polar surface area (TPSA) is 24.5 Å². The van der Waals surface area contributed by atoms with Crippen LogP contribution in [0.1, 0.15) is 46.5 Å². The number of rotatable bonds is 7. The van der Waals surface area contributed by atoms with Crippen LogP contribution in [0.5, 0.6) is 0 Å². The zero-order valence-electron chi connectivity index (χ0n) is 11.9. The molecule has 3 heteroatoms. The number of nitrogens with one attached hydrogen (secondary N) is 1. The van der Waals surface area contributed by atoms with Crippen LogP contribution in [0.3, 0.4) is 0 Å². The van der Waals surface area contributed by atoms with Crippen molar-refractivity contribution in [1.29, 1.82) is 0 Å². The molecular weight excluding hydrogens is 212 g/mol. The first-order valence-corrected chi connectivity index (χ1v) is 7.33. The van der Waals surface area contributed by atoms with Crippen LogP contribution in [0.15, 0.2) is 0 Å². The zero-order valence-corrected chi connectivity index (χ0v) is 11.9. The molecule has 1 aliphatic rings. The summed E-state index contributed by atoms with van der Waals surface area (Å²) in [6, 6.07) is 0.658. The van der Waals surface area contributed by atoms with Gasteiger partial charge in [-0.15, -0.1) is 0 Å². The predicted octanol–water partition coefficient (Wildman–Crippen LogP) is 2.27. The van der Waals surface area contributed by atoms with E-state index in [1.807, 2.05) is 0 Å². The van der Waals surface area contributed by atoms with Gasteiger partial charge in [0.1, 0.15) is 0 Å². The lowest BCUT2D eigenvalue weighted by Gasteiger charge is -2.27. The number of hydrogen-bond acceptors (Lipinski definition) is 3. The summed E-state index contributed by atoms with van der Waals surface area (Å²) >= 11 is 0. The first-order chi connectivity index (χ1) is 8.26. The molecule has 2 unspecified atom stereocenters. The molecule has 1 rings (SSSR count). The summed E-state index contributed by atoms with van der Waals surface area (Å²) in [6.45, 7) is 12.2. The number of hydrogen-bond donors (Lipinski definition) is 1. The van der Waals surface area contributed by atoms with Gasteiger partial charge in [0, 0.05) is 32.3 Å². The second-order valence-electron chi connectivity index (χ2n) is 5.23. The molecule has 1 saturated heterocycles. The fourth-order valence-electron chi connectivity index (χ4n) is 2.51. The van der Waals surface area contributed by atoms with Crippen molar-refractivity contribution in [1.82, 2.24) is 10.2 Å². The standard InChI is InChI=1S/C14H30N2O/c1-4-7-14(15-8-5-2)12-16-9-6-10-17-13(3)11-16/h13-15H,4-12H2,1-3H3. The minimum absolute atomic E-state index is 0.394. The molecule has 1 aliphatic heterocycles. The highest BCUT2D eigenvalue weighted by Gasteiger charge is 2.18. The highest BCUT2D eigenvalue weighted by molar-refractivity contribution is 4.75. The van der Waals surface area contributed by atoms with Crippen LogP contribution in [0.4, 0.5) is 0 Å². The Morgan fingerprint density at radius 2 is 2.18 bits per heavy atom. The van der Waals surface area contributed by atoms with Crippen LogP contribution in [0.2, 0.25) is 0 Å². The van der Waals surface area contributed by atoms with Crippen molar-refractivity contribution < 1.29 is 4.74 Å². The predicted molar refractivity (Wildman–Crippen MR) is 73.5 cm³/mol. The Labute approximate surface area is 107 Å². The van der Waals surface area contributed by atoms with Gasteiger partial charge in [0.05, 0.1) is 6.10 Å². The Bertz CT molecular complexity index is 187. The first-order valence-electron chi connectivity index (χ1n) is 7.33. The quantitative estimate of drug-likeness (QED) is 0.741. The summed E-state index contributed by atoms with van der Waals surface area (Å²) in [7, 11) is 0. The summed E-state index contributed by atoms with van der Waals surface area (Å²) in [5.41, 5.74) is 0. The smallest absolute Gasteiger partial charge is 0.0673 e. The summed E-state index contributed by atoms with van der Waals surface area (Å²) in [5.74, 6) is 0. The molecule has 17 heavy (non-hydrogen) atoms. The monoisotopic (exact) mass is 242 g/mol. The normalized spacial score (nSPS) is 24.5. The van der Waals surface area contributed by atoms with Gasteiger partial charge in [-0.2, -0.15) is 0 Å². The highest BCUT2D eigenvalue weighted by Crippen LogP contribution is 2.08. The second kappa shape index (κ2) is 8.90. The Balaban J connectivity index is 2.35. The highest BCUT2D eigenvalue weighted by atomic mass is 16.5. The van der Waals surface area contributed by atoms with Gasteiger partial charge < -0.3 is 10.1 Å². The van der Waals surface area contributed by atoms with Gasteiger partial charge in [-0.3, -0.25) is 4.90 Å². The van der Waals surface area contributed by atoms with E-state index in [0.717, 1.165) is 19.7 Å².